The van der Waals surface area contributed by atoms with E-state index in [4.69, 9.17) is 4.74 Å². The summed E-state index contributed by atoms with van der Waals surface area (Å²) in [5, 5.41) is 3.32. The third kappa shape index (κ3) is 4.98. The van der Waals surface area contributed by atoms with Crippen molar-refractivity contribution in [2.75, 3.05) is 26.8 Å². The Kier molecular flexibility index (Phi) is 6.61. The Morgan fingerprint density at radius 2 is 2.22 bits per heavy atom. The predicted octanol–water partition coefficient (Wildman–Crippen LogP) is 3.16. The Balaban J connectivity index is 2.65. The molecule has 0 saturated carbocycles. The molecule has 0 aromatic heterocycles. The van der Waals surface area contributed by atoms with Gasteiger partial charge in [-0.05, 0) is 36.6 Å². The molecule has 0 saturated heterocycles. The minimum atomic E-state index is -0.180. The van der Waals surface area contributed by atoms with Crippen molar-refractivity contribution in [2.24, 2.45) is 0 Å². The summed E-state index contributed by atoms with van der Waals surface area (Å²) in [5.41, 5.74) is 3.36. The molecular weight excluding hydrogens is 229 g/mol. The fourth-order valence-corrected chi connectivity index (χ4v) is 1.72. The van der Waals surface area contributed by atoms with Crippen molar-refractivity contribution >= 4 is 6.08 Å². The van der Waals surface area contributed by atoms with E-state index in [0.717, 1.165) is 30.6 Å². The molecule has 1 aromatic carbocycles. The van der Waals surface area contributed by atoms with Crippen LogP contribution in [0.2, 0.25) is 0 Å². The van der Waals surface area contributed by atoms with Crippen LogP contribution in [0.5, 0.6) is 0 Å². The first-order valence-corrected chi connectivity index (χ1v) is 6.32. The number of nitrogens with one attached hydrogen (secondary N) is 1. The zero-order valence-electron chi connectivity index (χ0n) is 11.4. The fourth-order valence-electron chi connectivity index (χ4n) is 1.72. The molecule has 0 atom stereocenters. The maximum Gasteiger partial charge on any atom is 0.123 e. The standard InChI is InChI=1S/C15H22FNO/c1-4-13(11-17-7-8-18-3)10-14-5-6-15(16)9-12(14)2/h5-6,9-10,17H,4,7-8,11H2,1-3H3. The van der Waals surface area contributed by atoms with E-state index in [9.17, 15) is 4.39 Å². The van der Waals surface area contributed by atoms with Gasteiger partial charge in [0.15, 0.2) is 0 Å². The summed E-state index contributed by atoms with van der Waals surface area (Å²) in [6.07, 6.45) is 3.12. The van der Waals surface area contributed by atoms with Gasteiger partial charge in [-0.1, -0.05) is 24.6 Å². The van der Waals surface area contributed by atoms with Crippen LogP contribution in [-0.4, -0.2) is 26.8 Å². The molecule has 3 heteroatoms. The number of hydrogen-bond donors (Lipinski definition) is 1. The highest BCUT2D eigenvalue weighted by Gasteiger charge is 2.00. The molecule has 18 heavy (non-hydrogen) atoms. The van der Waals surface area contributed by atoms with Gasteiger partial charge in [-0.15, -0.1) is 0 Å². The smallest absolute Gasteiger partial charge is 0.123 e. The first-order chi connectivity index (χ1) is 8.67. The van der Waals surface area contributed by atoms with E-state index in [1.54, 1.807) is 13.2 Å². The molecule has 1 aromatic rings. The minimum absolute atomic E-state index is 0.180. The normalized spacial score (nSPS) is 11.9. The predicted molar refractivity (Wildman–Crippen MR) is 74.2 cm³/mol. The van der Waals surface area contributed by atoms with E-state index in [-0.39, 0.29) is 5.82 Å². The maximum atomic E-state index is 13.0. The van der Waals surface area contributed by atoms with Crippen molar-refractivity contribution in [1.29, 1.82) is 0 Å². The van der Waals surface area contributed by atoms with Gasteiger partial charge in [0, 0.05) is 20.2 Å². The van der Waals surface area contributed by atoms with Crippen LogP contribution in [0.1, 0.15) is 24.5 Å². The summed E-state index contributed by atoms with van der Waals surface area (Å²) in [7, 11) is 1.69. The summed E-state index contributed by atoms with van der Waals surface area (Å²) >= 11 is 0. The summed E-state index contributed by atoms with van der Waals surface area (Å²) in [4.78, 5) is 0. The number of ether oxygens (including phenoxy) is 1. The van der Waals surface area contributed by atoms with Gasteiger partial charge >= 0.3 is 0 Å². The molecular formula is C15H22FNO. The number of benzene rings is 1. The Morgan fingerprint density at radius 1 is 1.44 bits per heavy atom. The summed E-state index contributed by atoms with van der Waals surface area (Å²) in [5.74, 6) is -0.180. The van der Waals surface area contributed by atoms with Crippen LogP contribution in [0.3, 0.4) is 0 Å². The van der Waals surface area contributed by atoms with Gasteiger partial charge in [-0.3, -0.25) is 0 Å². The van der Waals surface area contributed by atoms with Crippen LogP contribution in [0, 0.1) is 12.7 Å². The molecule has 0 fully saturated rings. The second-order valence-electron chi connectivity index (χ2n) is 4.33. The average molecular weight is 251 g/mol. The van der Waals surface area contributed by atoms with Crippen LogP contribution in [-0.2, 0) is 4.74 Å². The molecule has 0 heterocycles. The molecule has 0 bridgehead atoms. The Labute approximate surface area is 109 Å². The Hall–Kier alpha value is -1.19. The van der Waals surface area contributed by atoms with Gasteiger partial charge in [0.1, 0.15) is 5.82 Å². The minimum Gasteiger partial charge on any atom is -0.383 e. The average Bonchev–Trinajstić information content (AvgIpc) is 2.35. The van der Waals surface area contributed by atoms with Crippen LogP contribution >= 0.6 is 0 Å². The highest BCUT2D eigenvalue weighted by atomic mass is 19.1. The lowest BCUT2D eigenvalue weighted by Crippen LogP contribution is -2.21. The highest BCUT2D eigenvalue weighted by molar-refractivity contribution is 5.56. The highest BCUT2D eigenvalue weighted by Crippen LogP contribution is 2.15. The van der Waals surface area contributed by atoms with Crippen molar-refractivity contribution in [3.05, 3.63) is 40.7 Å². The van der Waals surface area contributed by atoms with Crippen LogP contribution in [0.15, 0.2) is 23.8 Å². The van der Waals surface area contributed by atoms with Crippen molar-refractivity contribution in [2.45, 2.75) is 20.3 Å². The van der Waals surface area contributed by atoms with E-state index in [1.807, 2.05) is 13.0 Å². The molecule has 1 rings (SSSR count). The number of methoxy groups -OCH3 is 1. The molecule has 100 valence electrons. The first-order valence-electron chi connectivity index (χ1n) is 6.32. The van der Waals surface area contributed by atoms with E-state index in [0.29, 0.717) is 6.61 Å². The topological polar surface area (TPSA) is 21.3 Å². The zero-order valence-corrected chi connectivity index (χ0v) is 11.4. The van der Waals surface area contributed by atoms with Gasteiger partial charge in [0.2, 0.25) is 0 Å². The number of rotatable bonds is 7. The van der Waals surface area contributed by atoms with Gasteiger partial charge in [-0.25, -0.2) is 4.39 Å². The van der Waals surface area contributed by atoms with Crippen molar-refractivity contribution in [3.8, 4) is 0 Å². The quantitative estimate of drug-likeness (QED) is 0.752. The van der Waals surface area contributed by atoms with Gasteiger partial charge in [-0.2, -0.15) is 0 Å². The second kappa shape index (κ2) is 8.01. The number of hydrogen-bond acceptors (Lipinski definition) is 2. The zero-order chi connectivity index (χ0) is 13.4. The molecule has 0 amide bonds. The summed E-state index contributed by atoms with van der Waals surface area (Å²) in [6.45, 7) is 6.46. The van der Waals surface area contributed by atoms with Gasteiger partial charge in [0.05, 0.1) is 6.61 Å². The first kappa shape index (κ1) is 14.9. The van der Waals surface area contributed by atoms with Crippen LogP contribution in [0.4, 0.5) is 4.39 Å². The third-order valence-corrected chi connectivity index (χ3v) is 2.88. The van der Waals surface area contributed by atoms with E-state index in [1.165, 1.54) is 11.6 Å². The largest absolute Gasteiger partial charge is 0.383 e. The van der Waals surface area contributed by atoms with Crippen molar-refractivity contribution in [1.82, 2.24) is 5.32 Å². The molecule has 0 spiro atoms. The monoisotopic (exact) mass is 251 g/mol. The molecule has 0 aliphatic heterocycles. The second-order valence-corrected chi connectivity index (χ2v) is 4.33. The van der Waals surface area contributed by atoms with Crippen molar-refractivity contribution in [3.63, 3.8) is 0 Å². The molecule has 0 unspecified atom stereocenters. The van der Waals surface area contributed by atoms with E-state index >= 15 is 0 Å². The number of halogens is 1. The van der Waals surface area contributed by atoms with E-state index in [2.05, 4.69) is 18.3 Å². The lowest BCUT2D eigenvalue weighted by Gasteiger charge is -2.08. The van der Waals surface area contributed by atoms with Crippen LogP contribution < -0.4 is 5.32 Å². The Bertz CT molecular complexity index is 401. The molecule has 0 radical (unpaired) electrons. The van der Waals surface area contributed by atoms with Crippen molar-refractivity contribution < 1.29 is 9.13 Å². The fraction of sp³-hybridized carbons (Fsp3) is 0.467. The molecule has 1 N–H and O–H groups in total. The van der Waals surface area contributed by atoms with Gasteiger partial charge < -0.3 is 10.1 Å². The molecule has 0 aliphatic carbocycles. The Morgan fingerprint density at radius 3 is 2.83 bits per heavy atom. The SMILES string of the molecule is CCC(=Cc1ccc(F)cc1C)CNCCOC. The lowest BCUT2D eigenvalue weighted by atomic mass is 10.0. The summed E-state index contributed by atoms with van der Waals surface area (Å²) < 4.78 is 18.0. The summed E-state index contributed by atoms with van der Waals surface area (Å²) in [6, 6.07) is 4.90. The van der Waals surface area contributed by atoms with E-state index < -0.39 is 0 Å². The number of aryl methyl sites for hydroxylation is 1. The maximum absolute atomic E-state index is 13.0. The molecule has 0 aliphatic rings. The molecule has 2 nitrogen and oxygen atoms in total. The third-order valence-electron chi connectivity index (χ3n) is 2.88. The lowest BCUT2D eigenvalue weighted by molar-refractivity contribution is 0.200. The van der Waals surface area contributed by atoms with Gasteiger partial charge in [0.25, 0.3) is 0 Å². The van der Waals surface area contributed by atoms with Crippen LogP contribution in [0.25, 0.3) is 6.08 Å².